The number of thiazole rings is 1. The number of nitrogen functional groups attached to an aromatic ring is 1. The molecule has 2 fully saturated rings. The first-order valence-corrected chi connectivity index (χ1v) is 11.1. The van der Waals surface area contributed by atoms with Crippen molar-refractivity contribution < 1.29 is 8.78 Å². The topological polar surface area (TPSA) is 80.0 Å². The molecule has 6 rings (SSSR count). The third-order valence-electron chi connectivity index (χ3n) is 6.11. The van der Waals surface area contributed by atoms with E-state index in [1.165, 1.54) is 18.5 Å². The van der Waals surface area contributed by atoms with Crippen molar-refractivity contribution in [2.75, 3.05) is 30.3 Å². The quantitative estimate of drug-likeness (QED) is 0.468. The molecule has 6 nitrogen and oxygen atoms in total. The highest BCUT2D eigenvalue weighted by Gasteiger charge is 2.34. The number of hydrogen-bond acceptors (Lipinski definition) is 7. The minimum absolute atomic E-state index is 0.134. The molecule has 4 heterocycles. The Morgan fingerprint density at radius 3 is 2.90 bits per heavy atom. The fourth-order valence-corrected chi connectivity index (χ4v) is 5.87. The maximum Gasteiger partial charge on any atom is 0.181 e. The number of piperidine rings is 1. The molecule has 0 spiro atoms. The number of halogens is 3. The number of rotatable bonds is 2. The molecule has 0 radical (unpaired) electrons. The third kappa shape index (κ3) is 2.95. The van der Waals surface area contributed by atoms with E-state index in [0.717, 1.165) is 37.4 Å². The van der Waals surface area contributed by atoms with Gasteiger partial charge in [-0.1, -0.05) is 22.9 Å². The molecule has 4 aromatic rings. The zero-order valence-corrected chi connectivity index (χ0v) is 17.8. The fourth-order valence-electron chi connectivity index (χ4n) is 4.81. The van der Waals surface area contributed by atoms with Crippen LogP contribution in [0.1, 0.15) is 6.42 Å². The third-order valence-corrected chi connectivity index (χ3v) is 7.30. The number of anilines is 2. The molecule has 0 saturated carbocycles. The minimum Gasteiger partial charge on any atom is -0.375 e. The Morgan fingerprint density at radius 1 is 1.19 bits per heavy atom. The van der Waals surface area contributed by atoms with Gasteiger partial charge in [-0.25, -0.2) is 23.7 Å². The van der Waals surface area contributed by atoms with Gasteiger partial charge >= 0.3 is 0 Å². The predicted octanol–water partition coefficient (Wildman–Crippen LogP) is 4.22. The Labute approximate surface area is 185 Å². The summed E-state index contributed by atoms with van der Waals surface area (Å²) in [5, 5.41) is 4.47. The van der Waals surface area contributed by atoms with Gasteiger partial charge in [0.2, 0.25) is 0 Å². The fraction of sp³-hybridized carbons (Fsp3) is 0.286. The van der Waals surface area contributed by atoms with E-state index in [0.29, 0.717) is 28.7 Å². The number of aromatic nitrogens is 3. The number of nitrogens with zero attached hydrogens (tertiary/aromatic N) is 4. The number of benzene rings is 2. The van der Waals surface area contributed by atoms with Crippen LogP contribution in [0.2, 0.25) is 5.02 Å². The molecule has 2 bridgehead atoms. The average molecular weight is 459 g/mol. The van der Waals surface area contributed by atoms with Crippen LogP contribution in [-0.2, 0) is 0 Å². The average Bonchev–Trinajstić information content (AvgIpc) is 3.31. The highest BCUT2D eigenvalue weighted by Crippen LogP contribution is 2.42. The summed E-state index contributed by atoms with van der Waals surface area (Å²) in [5.74, 6) is 0.191. The van der Waals surface area contributed by atoms with Crippen molar-refractivity contribution in [2.24, 2.45) is 5.92 Å². The summed E-state index contributed by atoms with van der Waals surface area (Å²) in [7, 11) is 0. The van der Waals surface area contributed by atoms with Crippen LogP contribution in [0.15, 0.2) is 24.5 Å². The highest BCUT2D eigenvalue weighted by molar-refractivity contribution is 7.22. The Morgan fingerprint density at radius 2 is 2.06 bits per heavy atom. The summed E-state index contributed by atoms with van der Waals surface area (Å²) in [5.41, 5.74) is 6.77. The first-order valence-electron chi connectivity index (χ1n) is 9.95. The zero-order valence-electron chi connectivity index (χ0n) is 16.2. The van der Waals surface area contributed by atoms with Gasteiger partial charge in [0.15, 0.2) is 10.9 Å². The first-order chi connectivity index (χ1) is 15.0. The standard InChI is InChI=1S/C21H17ClF2N6S/c22-13-4-12-17(27-8-28-20(12)30-6-9-3-10(7-30)26-5-9)16(24)15(13)11-1-2-14(23)19-18(11)29-21(25)31-19/h1-2,4,8-10,26H,3,5-7H2,(H2,25,29). The maximum absolute atomic E-state index is 15.8. The van der Waals surface area contributed by atoms with E-state index < -0.39 is 11.6 Å². The highest BCUT2D eigenvalue weighted by atomic mass is 35.5. The van der Waals surface area contributed by atoms with E-state index in [-0.39, 0.29) is 31.5 Å². The summed E-state index contributed by atoms with van der Waals surface area (Å²) >= 11 is 7.61. The van der Waals surface area contributed by atoms with Crippen molar-refractivity contribution >= 4 is 55.0 Å². The molecule has 2 aliphatic heterocycles. The van der Waals surface area contributed by atoms with E-state index in [1.54, 1.807) is 6.07 Å². The van der Waals surface area contributed by atoms with Gasteiger partial charge in [0.25, 0.3) is 0 Å². The second kappa shape index (κ2) is 6.94. The Kier molecular flexibility index (Phi) is 4.28. The molecule has 10 heteroatoms. The number of nitrogens with one attached hydrogen (secondary N) is 1. The molecule has 2 unspecified atom stereocenters. The van der Waals surface area contributed by atoms with Gasteiger partial charge in [0, 0.05) is 42.2 Å². The molecule has 0 amide bonds. The van der Waals surface area contributed by atoms with Crippen LogP contribution < -0.4 is 16.0 Å². The number of fused-ring (bicyclic) bond motifs is 4. The SMILES string of the molecule is Nc1nc2c(-c3c(Cl)cc4c(N5CC6CNC(C6)C5)ncnc4c3F)ccc(F)c2s1. The van der Waals surface area contributed by atoms with Crippen LogP contribution in [0.5, 0.6) is 0 Å². The second-order valence-electron chi connectivity index (χ2n) is 8.08. The summed E-state index contributed by atoms with van der Waals surface area (Å²) in [6.07, 6.45) is 2.53. The normalized spacial score (nSPS) is 20.8. The van der Waals surface area contributed by atoms with Gasteiger partial charge in [-0.15, -0.1) is 0 Å². The summed E-state index contributed by atoms with van der Waals surface area (Å²) in [4.78, 5) is 15.1. The molecule has 2 aliphatic rings. The molecule has 0 aliphatic carbocycles. The van der Waals surface area contributed by atoms with E-state index in [4.69, 9.17) is 17.3 Å². The molecule has 2 aromatic heterocycles. The lowest BCUT2D eigenvalue weighted by atomic mass is 9.98. The van der Waals surface area contributed by atoms with Gasteiger partial charge in [0.1, 0.15) is 23.5 Å². The van der Waals surface area contributed by atoms with Crippen molar-refractivity contribution in [3.8, 4) is 11.1 Å². The molecule has 3 N–H and O–H groups in total. The van der Waals surface area contributed by atoms with Crippen LogP contribution in [0.4, 0.5) is 19.7 Å². The van der Waals surface area contributed by atoms with Crippen LogP contribution in [-0.4, -0.2) is 40.6 Å². The van der Waals surface area contributed by atoms with Crippen molar-refractivity contribution in [3.05, 3.63) is 41.2 Å². The largest absolute Gasteiger partial charge is 0.375 e. The molecular weight excluding hydrogens is 442 g/mol. The number of hydrogen-bond donors (Lipinski definition) is 2. The molecule has 2 aromatic carbocycles. The lowest BCUT2D eigenvalue weighted by Crippen LogP contribution is -2.41. The van der Waals surface area contributed by atoms with E-state index >= 15 is 4.39 Å². The Hall–Kier alpha value is -2.62. The molecule has 158 valence electrons. The lowest BCUT2D eigenvalue weighted by molar-refractivity contribution is 0.473. The van der Waals surface area contributed by atoms with E-state index in [2.05, 4.69) is 25.2 Å². The van der Waals surface area contributed by atoms with Crippen molar-refractivity contribution in [3.63, 3.8) is 0 Å². The Bertz CT molecular complexity index is 1350. The second-order valence-corrected chi connectivity index (χ2v) is 9.52. The minimum atomic E-state index is -0.580. The van der Waals surface area contributed by atoms with Gasteiger partial charge < -0.3 is 16.0 Å². The van der Waals surface area contributed by atoms with Gasteiger partial charge in [0.05, 0.1) is 15.2 Å². The van der Waals surface area contributed by atoms with Crippen LogP contribution >= 0.6 is 22.9 Å². The van der Waals surface area contributed by atoms with E-state index in [9.17, 15) is 4.39 Å². The van der Waals surface area contributed by atoms with Crippen molar-refractivity contribution in [1.82, 2.24) is 20.3 Å². The molecular formula is C21H17ClF2N6S. The first kappa shape index (κ1) is 19.1. The van der Waals surface area contributed by atoms with E-state index in [1.807, 2.05) is 0 Å². The van der Waals surface area contributed by atoms with Gasteiger partial charge in [-0.05, 0) is 30.5 Å². The molecule has 2 saturated heterocycles. The maximum atomic E-state index is 15.8. The lowest BCUT2D eigenvalue weighted by Gasteiger charge is -2.32. The zero-order chi connectivity index (χ0) is 21.3. The van der Waals surface area contributed by atoms with Crippen molar-refractivity contribution in [1.29, 1.82) is 0 Å². The Balaban J connectivity index is 1.55. The predicted molar refractivity (Wildman–Crippen MR) is 120 cm³/mol. The van der Waals surface area contributed by atoms with Crippen molar-refractivity contribution in [2.45, 2.75) is 12.5 Å². The smallest absolute Gasteiger partial charge is 0.181 e. The van der Waals surface area contributed by atoms with Gasteiger partial charge in [-0.2, -0.15) is 0 Å². The number of nitrogens with two attached hydrogens (primary N) is 1. The monoisotopic (exact) mass is 458 g/mol. The molecule has 31 heavy (non-hydrogen) atoms. The van der Waals surface area contributed by atoms with Crippen LogP contribution in [0.25, 0.3) is 32.2 Å². The summed E-state index contributed by atoms with van der Waals surface area (Å²) < 4.78 is 30.3. The van der Waals surface area contributed by atoms with Crippen LogP contribution in [0, 0.1) is 17.6 Å². The summed E-state index contributed by atoms with van der Waals surface area (Å²) in [6.45, 7) is 2.65. The summed E-state index contributed by atoms with van der Waals surface area (Å²) in [6, 6.07) is 4.85. The molecule has 2 atom stereocenters. The van der Waals surface area contributed by atoms with Crippen LogP contribution in [0.3, 0.4) is 0 Å². The van der Waals surface area contributed by atoms with Gasteiger partial charge in [-0.3, -0.25) is 0 Å².